The van der Waals surface area contributed by atoms with Crippen LogP contribution in [0.25, 0.3) is 0 Å². The van der Waals surface area contributed by atoms with Crippen LogP contribution in [0.15, 0.2) is 36.4 Å². The summed E-state index contributed by atoms with van der Waals surface area (Å²) in [5.41, 5.74) is -1.87. The monoisotopic (exact) mass is 596 g/mol. The van der Waals surface area contributed by atoms with E-state index in [1.165, 1.54) is 42.0 Å². The number of carbonyl (C=O) groups excluding carboxylic acids is 1. The Morgan fingerprint density at radius 3 is 2.25 bits per heavy atom. The fourth-order valence-corrected chi connectivity index (χ4v) is 6.37. The number of hydrogen-bond acceptors (Lipinski definition) is 3. The summed E-state index contributed by atoms with van der Waals surface area (Å²) >= 11 is -1.39. The number of halogens is 7. The second kappa shape index (κ2) is 12.6. The van der Waals surface area contributed by atoms with Gasteiger partial charge in [0, 0.05) is 33.0 Å². The molecular weight excluding hydrogens is 565 g/mol. The number of likely N-dealkylation sites (N-methyl/N-ethyl adjacent to an activating group) is 1. The van der Waals surface area contributed by atoms with Crippen LogP contribution < -0.4 is 0 Å². The molecule has 0 aliphatic carbocycles. The third kappa shape index (κ3) is 8.03. The highest BCUT2D eigenvalue weighted by Gasteiger charge is 2.40. The molecule has 0 saturated carbocycles. The van der Waals surface area contributed by atoms with E-state index >= 15 is 0 Å². The number of amides is 2. The molecule has 0 spiro atoms. The molecule has 0 bridgehead atoms. The molecule has 3 rings (SSSR count). The molecule has 2 amide bonds. The lowest BCUT2D eigenvalue weighted by atomic mass is 9.92. The van der Waals surface area contributed by atoms with Crippen molar-refractivity contribution in [3.05, 3.63) is 70.0 Å². The molecule has 0 aromatic heterocycles. The minimum atomic E-state index is -4.98. The molecule has 1 fully saturated rings. The van der Waals surface area contributed by atoms with Crippen LogP contribution in [-0.4, -0.2) is 62.7 Å². The molecule has 1 saturated heterocycles. The summed E-state index contributed by atoms with van der Waals surface area (Å²) in [6.45, 7) is 3.20. The largest absolute Gasteiger partial charge is 0.616 e. The van der Waals surface area contributed by atoms with Gasteiger partial charge in [0.15, 0.2) is 0 Å². The average molecular weight is 597 g/mol. The molecule has 1 aliphatic heterocycles. The molecule has 2 aromatic rings. The Labute approximate surface area is 231 Å². The standard InChI is InChI=1S/C27H31F7N2O3S/c1-16-10-21(28)4-5-23(16)24-14-22(40(39)15-17(2)37)7-9-36(24)25(38)35(3)8-6-18-11-19(26(29,30)31)13-20(12-18)27(32,33)34/h4-5,10-13,17,22,24,37H,6-9,14-15H2,1-3H3/t17-,22-,24+,40+/m0/s1. The fourth-order valence-electron chi connectivity index (χ4n) is 4.86. The summed E-state index contributed by atoms with van der Waals surface area (Å²) in [6.07, 6.45) is -10.4. The van der Waals surface area contributed by atoms with Gasteiger partial charge in [-0.1, -0.05) is 6.07 Å². The van der Waals surface area contributed by atoms with E-state index in [0.29, 0.717) is 29.7 Å². The van der Waals surface area contributed by atoms with E-state index in [0.717, 1.165) is 0 Å². The Morgan fingerprint density at radius 1 is 1.12 bits per heavy atom. The quantitative estimate of drug-likeness (QED) is 0.310. The van der Waals surface area contributed by atoms with Crippen molar-refractivity contribution in [2.24, 2.45) is 0 Å². The molecular formula is C27H31F7N2O3S. The smallest absolute Gasteiger partial charge is 0.416 e. The summed E-state index contributed by atoms with van der Waals surface area (Å²) in [5.74, 6) is -0.412. The molecule has 0 unspecified atom stereocenters. The van der Waals surface area contributed by atoms with Crippen molar-refractivity contribution in [2.75, 3.05) is 25.9 Å². The number of carbonyl (C=O) groups is 1. The molecule has 5 nitrogen and oxygen atoms in total. The van der Waals surface area contributed by atoms with Gasteiger partial charge in [-0.05, 0) is 78.5 Å². The van der Waals surface area contributed by atoms with Crippen LogP contribution in [0.5, 0.6) is 0 Å². The van der Waals surface area contributed by atoms with E-state index in [-0.39, 0.29) is 48.6 Å². The number of aliphatic hydroxyl groups is 1. The van der Waals surface area contributed by atoms with Crippen LogP contribution in [0.2, 0.25) is 0 Å². The highest BCUT2D eigenvalue weighted by atomic mass is 32.2. The van der Waals surface area contributed by atoms with Gasteiger partial charge in [-0.2, -0.15) is 26.3 Å². The van der Waals surface area contributed by atoms with Crippen LogP contribution in [0.3, 0.4) is 0 Å². The highest BCUT2D eigenvalue weighted by molar-refractivity contribution is 7.92. The first-order valence-electron chi connectivity index (χ1n) is 12.6. The summed E-state index contributed by atoms with van der Waals surface area (Å²) < 4.78 is 106. The molecule has 4 atom stereocenters. The maximum Gasteiger partial charge on any atom is 0.416 e. The second-order valence-electron chi connectivity index (χ2n) is 10.1. The van der Waals surface area contributed by atoms with Gasteiger partial charge in [0.2, 0.25) is 0 Å². The molecule has 1 aliphatic rings. The number of hydrogen-bond donors (Lipinski definition) is 1. The first-order chi connectivity index (χ1) is 18.5. The van der Waals surface area contributed by atoms with Crippen molar-refractivity contribution in [2.45, 2.75) is 62.9 Å². The number of nitrogens with zero attached hydrogens (tertiary/aromatic N) is 2. The van der Waals surface area contributed by atoms with E-state index in [9.17, 15) is 45.2 Å². The van der Waals surface area contributed by atoms with Gasteiger partial charge in [-0.3, -0.25) is 0 Å². The van der Waals surface area contributed by atoms with E-state index < -0.39 is 58.6 Å². The molecule has 1 heterocycles. The third-order valence-electron chi connectivity index (χ3n) is 6.88. The normalized spacial score (nSPS) is 19.9. The van der Waals surface area contributed by atoms with Crippen LogP contribution in [-0.2, 0) is 29.9 Å². The first-order valence-corrected chi connectivity index (χ1v) is 14.0. The molecule has 1 N–H and O–H groups in total. The van der Waals surface area contributed by atoms with E-state index in [2.05, 4.69) is 0 Å². The van der Waals surface area contributed by atoms with Crippen molar-refractivity contribution in [1.82, 2.24) is 9.80 Å². The van der Waals surface area contributed by atoms with Gasteiger partial charge >= 0.3 is 18.4 Å². The van der Waals surface area contributed by atoms with E-state index in [1.54, 1.807) is 6.92 Å². The lowest BCUT2D eigenvalue weighted by molar-refractivity contribution is -0.143. The lowest BCUT2D eigenvalue weighted by Gasteiger charge is -2.42. The predicted octanol–water partition coefficient (Wildman–Crippen LogP) is 6.10. The van der Waals surface area contributed by atoms with Crippen molar-refractivity contribution in [1.29, 1.82) is 0 Å². The van der Waals surface area contributed by atoms with Gasteiger partial charge in [-0.15, -0.1) is 0 Å². The minimum absolute atomic E-state index is 0.0552. The Morgan fingerprint density at radius 2 is 1.73 bits per heavy atom. The summed E-state index contributed by atoms with van der Waals surface area (Å²) in [6, 6.07) is 4.31. The summed E-state index contributed by atoms with van der Waals surface area (Å²) in [5, 5.41) is 9.33. The van der Waals surface area contributed by atoms with E-state index in [1.807, 2.05) is 0 Å². The lowest BCUT2D eigenvalue weighted by Crippen LogP contribution is -2.50. The van der Waals surface area contributed by atoms with Crippen molar-refractivity contribution in [3.8, 4) is 0 Å². The number of piperidine rings is 1. The first kappa shape index (κ1) is 32.0. The number of aliphatic hydroxyl groups excluding tert-OH is 1. The molecule has 13 heteroatoms. The number of rotatable bonds is 7. The zero-order chi connectivity index (χ0) is 30.0. The zero-order valence-corrected chi connectivity index (χ0v) is 23.0. The van der Waals surface area contributed by atoms with Crippen molar-refractivity contribution < 1.29 is 45.2 Å². The molecule has 2 aromatic carbocycles. The fraction of sp³-hybridized carbons (Fsp3) is 0.519. The number of alkyl halides is 6. The van der Waals surface area contributed by atoms with Gasteiger partial charge in [0.1, 0.15) is 16.8 Å². The van der Waals surface area contributed by atoms with Gasteiger partial charge in [-0.25, -0.2) is 9.18 Å². The molecule has 40 heavy (non-hydrogen) atoms. The van der Waals surface area contributed by atoms with Crippen molar-refractivity contribution in [3.63, 3.8) is 0 Å². The third-order valence-corrected chi connectivity index (χ3v) is 8.86. The van der Waals surface area contributed by atoms with Crippen LogP contribution in [0, 0.1) is 12.7 Å². The Bertz CT molecular complexity index is 1160. The number of urea groups is 1. The minimum Gasteiger partial charge on any atom is -0.616 e. The molecule has 222 valence electrons. The topological polar surface area (TPSA) is 66.8 Å². The second-order valence-corrected chi connectivity index (χ2v) is 11.9. The SMILES string of the molecule is Cc1cc(F)ccc1[C@H]1C[C@@H]([S@+]([O-])C[C@H](C)O)CCN1C(=O)N(C)CCc1cc(C(F)(F)F)cc(C(F)(F)F)c1. The van der Waals surface area contributed by atoms with Crippen LogP contribution >= 0.6 is 0 Å². The Hall–Kier alpha value is -2.51. The number of likely N-dealkylation sites (tertiary alicyclic amines) is 1. The maximum atomic E-state index is 13.8. The number of benzene rings is 2. The molecule has 0 radical (unpaired) electrons. The zero-order valence-electron chi connectivity index (χ0n) is 22.2. The predicted molar refractivity (Wildman–Crippen MR) is 136 cm³/mol. The van der Waals surface area contributed by atoms with Gasteiger partial charge < -0.3 is 19.5 Å². The summed E-state index contributed by atoms with van der Waals surface area (Å²) in [7, 11) is 1.40. The highest BCUT2D eigenvalue weighted by Crippen LogP contribution is 2.38. The summed E-state index contributed by atoms with van der Waals surface area (Å²) in [4.78, 5) is 16.2. The number of aryl methyl sites for hydroxylation is 1. The van der Waals surface area contributed by atoms with Gasteiger partial charge in [0.25, 0.3) is 0 Å². The Balaban J connectivity index is 1.83. The van der Waals surface area contributed by atoms with Crippen LogP contribution in [0.4, 0.5) is 35.5 Å². The average Bonchev–Trinajstić information content (AvgIpc) is 2.85. The van der Waals surface area contributed by atoms with Gasteiger partial charge in [0.05, 0.1) is 23.3 Å². The van der Waals surface area contributed by atoms with E-state index in [4.69, 9.17) is 0 Å². The Kier molecular flexibility index (Phi) is 10.1. The maximum absolute atomic E-state index is 13.8. The van der Waals surface area contributed by atoms with Crippen LogP contribution in [0.1, 0.15) is 53.6 Å². The van der Waals surface area contributed by atoms with Crippen molar-refractivity contribution >= 4 is 17.2 Å².